The summed E-state index contributed by atoms with van der Waals surface area (Å²) in [6.45, 7) is 2.34. The van der Waals surface area contributed by atoms with Gasteiger partial charge in [-0.1, -0.05) is 51.2 Å². The van der Waals surface area contributed by atoms with Crippen LogP contribution in [0.5, 0.6) is 0 Å². The topological polar surface area (TPSA) is 23.8 Å². The van der Waals surface area contributed by atoms with E-state index in [-0.39, 0.29) is 0 Å². The van der Waals surface area contributed by atoms with Gasteiger partial charge in [0.25, 0.3) is 0 Å². The predicted molar refractivity (Wildman–Crippen MR) is 94.4 cm³/mol. The second-order valence-electron chi connectivity index (χ2n) is 7.60. The van der Waals surface area contributed by atoms with Crippen LogP contribution in [0.3, 0.4) is 0 Å². The summed E-state index contributed by atoms with van der Waals surface area (Å²) in [5.41, 5.74) is 0. The number of rotatable bonds is 6. The number of hydrogen-bond acceptors (Lipinski definition) is 1. The van der Waals surface area contributed by atoms with Gasteiger partial charge in [-0.25, -0.2) is 0 Å². The van der Waals surface area contributed by atoms with E-state index in [2.05, 4.69) is 6.92 Å². The first-order valence-corrected chi connectivity index (χ1v) is 9.65. The van der Waals surface area contributed by atoms with Crippen molar-refractivity contribution in [2.24, 2.45) is 23.7 Å². The molecule has 2 fully saturated rings. The van der Waals surface area contributed by atoms with Crippen LogP contribution in [-0.4, -0.2) is 0 Å². The first kappa shape index (κ1) is 18.2. The molecule has 0 heterocycles. The fourth-order valence-corrected chi connectivity index (χ4v) is 4.63. The maximum Gasteiger partial charge on any atom is 0.199 e. The Morgan fingerprint density at radius 3 is 2.09 bits per heavy atom. The lowest BCUT2D eigenvalue weighted by Crippen LogP contribution is -2.25. The number of hydrogen-bond donors (Lipinski definition) is 0. The number of halogens is 1. The van der Waals surface area contributed by atoms with E-state index in [4.69, 9.17) is 5.26 Å². The van der Waals surface area contributed by atoms with Crippen molar-refractivity contribution in [1.82, 2.24) is 0 Å². The smallest absolute Gasteiger partial charge is 0.195 e. The van der Waals surface area contributed by atoms with E-state index in [1.54, 1.807) is 6.08 Å². The molecule has 0 aliphatic heterocycles. The molecule has 2 saturated carbocycles. The Kier molecular flexibility index (Phi) is 7.86. The zero-order chi connectivity index (χ0) is 16.5. The molecular formula is C21H32FN. The molecule has 0 bridgehead atoms. The molecule has 0 atom stereocenters. The van der Waals surface area contributed by atoms with Gasteiger partial charge in [0.1, 0.15) is 6.07 Å². The SMILES string of the molecule is CC[C@H]1CC[C@H](C2CCC(CC/C=C/C=C(\F)C#N)CC2)CC1. The van der Waals surface area contributed by atoms with Crippen molar-refractivity contribution >= 4 is 0 Å². The van der Waals surface area contributed by atoms with Crippen LogP contribution in [0.1, 0.15) is 77.6 Å². The molecule has 2 aliphatic carbocycles. The van der Waals surface area contributed by atoms with E-state index in [1.165, 1.54) is 76.4 Å². The third-order valence-electron chi connectivity index (χ3n) is 6.25. The van der Waals surface area contributed by atoms with Crippen LogP contribution in [0.15, 0.2) is 24.1 Å². The highest BCUT2D eigenvalue weighted by atomic mass is 19.1. The molecule has 0 unspecified atom stereocenters. The predicted octanol–water partition coefficient (Wildman–Crippen LogP) is 6.72. The van der Waals surface area contributed by atoms with Crippen LogP contribution in [0, 0.1) is 35.0 Å². The lowest BCUT2D eigenvalue weighted by atomic mass is 9.68. The molecule has 128 valence electrons. The van der Waals surface area contributed by atoms with Crippen molar-refractivity contribution in [2.45, 2.75) is 77.6 Å². The molecule has 0 radical (unpaired) electrons. The zero-order valence-electron chi connectivity index (χ0n) is 14.6. The summed E-state index contributed by atoms with van der Waals surface area (Å²) in [6, 6.07) is 1.49. The third-order valence-corrected chi connectivity index (χ3v) is 6.25. The molecule has 2 aliphatic rings. The molecule has 1 nitrogen and oxygen atoms in total. The Morgan fingerprint density at radius 2 is 1.57 bits per heavy atom. The Balaban J connectivity index is 1.62. The zero-order valence-corrected chi connectivity index (χ0v) is 14.6. The van der Waals surface area contributed by atoms with Crippen LogP contribution in [0.25, 0.3) is 0 Å². The summed E-state index contributed by atoms with van der Waals surface area (Å²) in [4.78, 5) is 0. The van der Waals surface area contributed by atoms with Gasteiger partial charge in [-0.05, 0) is 68.3 Å². The van der Waals surface area contributed by atoms with E-state index >= 15 is 0 Å². The quantitative estimate of drug-likeness (QED) is 0.394. The van der Waals surface area contributed by atoms with Gasteiger partial charge in [0.05, 0.1) is 0 Å². The summed E-state index contributed by atoms with van der Waals surface area (Å²) in [7, 11) is 0. The van der Waals surface area contributed by atoms with E-state index in [0.717, 1.165) is 30.1 Å². The number of nitrogens with zero attached hydrogens (tertiary/aromatic N) is 1. The highest BCUT2D eigenvalue weighted by Crippen LogP contribution is 2.42. The van der Waals surface area contributed by atoms with Crippen molar-refractivity contribution in [1.29, 1.82) is 5.26 Å². The first-order valence-electron chi connectivity index (χ1n) is 9.65. The van der Waals surface area contributed by atoms with Crippen molar-refractivity contribution in [3.8, 4) is 6.07 Å². The average Bonchev–Trinajstić information content (AvgIpc) is 2.62. The van der Waals surface area contributed by atoms with Crippen molar-refractivity contribution in [3.63, 3.8) is 0 Å². The normalized spacial score (nSPS) is 32.8. The molecule has 0 aromatic heterocycles. The van der Waals surface area contributed by atoms with Crippen LogP contribution in [0.2, 0.25) is 0 Å². The van der Waals surface area contributed by atoms with Gasteiger partial charge < -0.3 is 0 Å². The summed E-state index contributed by atoms with van der Waals surface area (Å²) in [5, 5.41) is 8.33. The van der Waals surface area contributed by atoms with Gasteiger partial charge in [-0.2, -0.15) is 9.65 Å². The van der Waals surface area contributed by atoms with Gasteiger partial charge in [-0.3, -0.25) is 0 Å². The van der Waals surface area contributed by atoms with Crippen LogP contribution >= 0.6 is 0 Å². The van der Waals surface area contributed by atoms with Gasteiger partial charge in [0, 0.05) is 0 Å². The third kappa shape index (κ3) is 6.13. The standard InChI is InChI=1S/C21H32FN/c1-2-17-8-12-19(13-9-17)20-14-10-18(11-15-20)6-4-3-5-7-21(22)16-23/h3,5,7,17-20H,2,4,6,8-15H2,1H3/b5-3+,21-7-/t17-,18?,19-,20?. The van der Waals surface area contributed by atoms with Crippen LogP contribution < -0.4 is 0 Å². The Hall–Kier alpha value is -1.10. The minimum atomic E-state index is -0.709. The van der Waals surface area contributed by atoms with Crippen LogP contribution in [0.4, 0.5) is 4.39 Å². The number of allylic oxidation sites excluding steroid dienone is 4. The lowest BCUT2D eigenvalue weighted by molar-refractivity contribution is 0.143. The van der Waals surface area contributed by atoms with Crippen molar-refractivity contribution < 1.29 is 4.39 Å². The molecule has 0 N–H and O–H groups in total. The molecule has 0 aromatic carbocycles. The summed E-state index contributed by atoms with van der Waals surface area (Å²) < 4.78 is 12.6. The van der Waals surface area contributed by atoms with Gasteiger partial charge in [0.15, 0.2) is 5.83 Å². The molecule has 0 amide bonds. The lowest BCUT2D eigenvalue weighted by Gasteiger charge is -2.37. The molecule has 0 saturated heterocycles. The Morgan fingerprint density at radius 1 is 1.00 bits per heavy atom. The highest BCUT2D eigenvalue weighted by molar-refractivity contribution is 5.18. The minimum Gasteiger partial charge on any atom is -0.195 e. The van der Waals surface area contributed by atoms with E-state index in [1.807, 2.05) is 6.08 Å². The van der Waals surface area contributed by atoms with E-state index < -0.39 is 5.83 Å². The minimum absolute atomic E-state index is 0.709. The summed E-state index contributed by atoms with van der Waals surface area (Å²) >= 11 is 0. The summed E-state index contributed by atoms with van der Waals surface area (Å²) in [5.74, 6) is 3.16. The van der Waals surface area contributed by atoms with Gasteiger partial charge >= 0.3 is 0 Å². The second-order valence-corrected chi connectivity index (χ2v) is 7.60. The van der Waals surface area contributed by atoms with E-state index in [9.17, 15) is 4.39 Å². The first-order chi connectivity index (χ1) is 11.2. The fourth-order valence-electron chi connectivity index (χ4n) is 4.63. The van der Waals surface area contributed by atoms with Gasteiger partial charge in [-0.15, -0.1) is 0 Å². The van der Waals surface area contributed by atoms with Gasteiger partial charge in [0.2, 0.25) is 0 Å². The molecule has 2 rings (SSSR count). The average molecular weight is 317 g/mol. The molecular weight excluding hydrogens is 285 g/mol. The number of nitriles is 1. The molecule has 2 heteroatoms. The largest absolute Gasteiger partial charge is 0.199 e. The Labute approximate surface area is 141 Å². The van der Waals surface area contributed by atoms with Crippen LogP contribution in [-0.2, 0) is 0 Å². The Bertz CT molecular complexity index is 429. The fraction of sp³-hybridized carbons (Fsp3) is 0.762. The molecule has 0 spiro atoms. The van der Waals surface area contributed by atoms with Crippen molar-refractivity contribution in [2.75, 3.05) is 0 Å². The monoisotopic (exact) mass is 317 g/mol. The molecule has 23 heavy (non-hydrogen) atoms. The maximum absolute atomic E-state index is 12.6. The van der Waals surface area contributed by atoms with E-state index in [0.29, 0.717) is 0 Å². The van der Waals surface area contributed by atoms with Crippen molar-refractivity contribution in [3.05, 3.63) is 24.1 Å². The second kappa shape index (κ2) is 9.91. The highest BCUT2D eigenvalue weighted by Gasteiger charge is 2.30. The summed E-state index contributed by atoms with van der Waals surface area (Å²) in [6.07, 6.45) is 20.0. The molecule has 0 aromatic rings. The maximum atomic E-state index is 12.6.